The molecular formula is C14H14O5. The van der Waals surface area contributed by atoms with Crippen LogP contribution in [-0.2, 0) is 0 Å². The van der Waals surface area contributed by atoms with Crippen molar-refractivity contribution in [3.8, 4) is 23.0 Å². The van der Waals surface area contributed by atoms with E-state index in [1.165, 1.54) is 27.4 Å². The zero-order valence-corrected chi connectivity index (χ0v) is 10.9. The van der Waals surface area contributed by atoms with Crippen molar-refractivity contribution in [1.29, 1.82) is 0 Å². The standard InChI is InChI=1S/C14H14O5/c1-17-11-6-9-4-8(7-15)5-10(16)12(9)14(19-3)13(11)18-2/h4-7,16H,1-3H3. The van der Waals surface area contributed by atoms with Crippen LogP contribution in [0, 0.1) is 0 Å². The number of aromatic hydroxyl groups is 1. The molecule has 2 rings (SSSR count). The SMILES string of the molecule is COc1cc2cc(C=O)cc(O)c2c(OC)c1OC. The van der Waals surface area contributed by atoms with Crippen LogP contribution >= 0.6 is 0 Å². The molecule has 0 spiro atoms. The van der Waals surface area contributed by atoms with Crippen molar-refractivity contribution in [2.24, 2.45) is 0 Å². The highest BCUT2D eigenvalue weighted by molar-refractivity contribution is 6.00. The first kappa shape index (κ1) is 13.0. The van der Waals surface area contributed by atoms with Crippen LogP contribution in [0.4, 0.5) is 0 Å². The third-order valence-corrected chi connectivity index (χ3v) is 2.88. The number of benzene rings is 2. The molecule has 5 heteroatoms. The zero-order chi connectivity index (χ0) is 14.0. The average molecular weight is 262 g/mol. The number of hydrogen-bond acceptors (Lipinski definition) is 5. The van der Waals surface area contributed by atoms with Gasteiger partial charge in [0.1, 0.15) is 12.0 Å². The van der Waals surface area contributed by atoms with E-state index in [1.54, 1.807) is 12.1 Å². The minimum Gasteiger partial charge on any atom is -0.507 e. The topological polar surface area (TPSA) is 65.0 Å². The van der Waals surface area contributed by atoms with E-state index in [1.807, 2.05) is 0 Å². The molecule has 1 N–H and O–H groups in total. The summed E-state index contributed by atoms with van der Waals surface area (Å²) in [6.07, 6.45) is 0.669. The second-order valence-electron chi connectivity index (χ2n) is 3.90. The summed E-state index contributed by atoms with van der Waals surface area (Å²) in [7, 11) is 4.47. The maximum Gasteiger partial charge on any atom is 0.204 e. The second-order valence-corrected chi connectivity index (χ2v) is 3.90. The number of phenolic OH excluding ortho intramolecular Hbond substituents is 1. The van der Waals surface area contributed by atoms with Gasteiger partial charge in [0, 0.05) is 5.56 Å². The first-order valence-corrected chi connectivity index (χ1v) is 5.57. The molecule has 2 aromatic carbocycles. The van der Waals surface area contributed by atoms with Crippen molar-refractivity contribution >= 4 is 17.1 Å². The molecule has 0 saturated carbocycles. The predicted octanol–water partition coefficient (Wildman–Crippen LogP) is 2.38. The maximum atomic E-state index is 10.8. The molecule has 19 heavy (non-hydrogen) atoms. The first-order chi connectivity index (χ1) is 9.15. The molecule has 0 heterocycles. The number of ether oxygens (including phenoxy) is 3. The lowest BCUT2D eigenvalue weighted by atomic mass is 10.0. The summed E-state index contributed by atoms with van der Waals surface area (Å²) in [6, 6.07) is 4.71. The van der Waals surface area contributed by atoms with Gasteiger partial charge in [-0.15, -0.1) is 0 Å². The van der Waals surface area contributed by atoms with Crippen molar-refractivity contribution in [3.63, 3.8) is 0 Å². The highest BCUT2D eigenvalue weighted by atomic mass is 16.5. The summed E-state index contributed by atoms with van der Waals surface area (Å²) in [6.45, 7) is 0. The molecule has 2 aromatic rings. The zero-order valence-electron chi connectivity index (χ0n) is 10.9. The smallest absolute Gasteiger partial charge is 0.204 e. The Morgan fingerprint density at radius 2 is 1.68 bits per heavy atom. The highest BCUT2D eigenvalue weighted by Crippen LogP contribution is 2.46. The Hall–Kier alpha value is -2.43. The monoisotopic (exact) mass is 262 g/mol. The van der Waals surface area contributed by atoms with Gasteiger partial charge in [-0.25, -0.2) is 0 Å². The number of carbonyl (C=O) groups is 1. The Kier molecular flexibility index (Phi) is 3.46. The van der Waals surface area contributed by atoms with E-state index in [4.69, 9.17) is 14.2 Å². The third-order valence-electron chi connectivity index (χ3n) is 2.88. The maximum absolute atomic E-state index is 10.8. The minimum absolute atomic E-state index is 0.0441. The summed E-state index contributed by atoms with van der Waals surface area (Å²) in [5.74, 6) is 1.19. The van der Waals surface area contributed by atoms with Gasteiger partial charge >= 0.3 is 0 Å². The Balaban J connectivity index is 2.92. The molecule has 0 atom stereocenters. The average Bonchev–Trinajstić information content (AvgIpc) is 2.44. The van der Waals surface area contributed by atoms with Gasteiger partial charge in [0.2, 0.25) is 5.75 Å². The van der Waals surface area contributed by atoms with Crippen LogP contribution in [0.2, 0.25) is 0 Å². The van der Waals surface area contributed by atoms with Crippen molar-refractivity contribution in [1.82, 2.24) is 0 Å². The van der Waals surface area contributed by atoms with Gasteiger partial charge in [-0.05, 0) is 23.6 Å². The van der Waals surface area contributed by atoms with Gasteiger partial charge in [-0.1, -0.05) is 0 Å². The molecule has 100 valence electrons. The minimum atomic E-state index is -0.0441. The number of rotatable bonds is 4. The van der Waals surface area contributed by atoms with E-state index in [2.05, 4.69) is 0 Å². The Morgan fingerprint density at radius 3 is 2.21 bits per heavy atom. The molecule has 0 amide bonds. The summed E-state index contributed by atoms with van der Waals surface area (Å²) in [4.78, 5) is 10.8. The van der Waals surface area contributed by atoms with E-state index >= 15 is 0 Å². The van der Waals surface area contributed by atoms with Crippen LogP contribution in [0.15, 0.2) is 18.2 Å². The van der Waals surface area contributed by atoms with Crippen molar-refractivity contribution in [2.75, 3.05) is 21.3 Å². The van der Waals surface area contributed by atoms with Gasteiger partial charge in [-0.2, -0.15) is 0 Å². The Labute approximate surface area is 110 Å². The molecule has 0 aromatic heterocycles. The van der Waals surface area contributed by atoms with Gasteiger partial charge in [-0.3, -0.25) is 4.79 Å². The lowest BCUT2D eigenvalue weighted by Gasteiger charge is -2.15. The molecule has 0 aliphatic rings. The summed E-state index contributed by atoms with van der Waals surface area (Å²) in [5.41, 5.74) is 0.374. The fraction of sp³-hybridized carbons (Fsp3) is 0.214. The summed E-state index contributed by atoms with van der Waals surface area (Å²) in [5, 5.41) is 11.2. The van der Waals surface area contributed by atoms with E-state index < -0.39 is 0 Å². The predicted molar refractivity (Wildman–Crippen MR) is 70.7 cm³/mol. The van der Waals surface area contributed by atoms with Crippen LogP contribution in [-0.4, -0.2) is 32.7 Å². The van der Waals surface area contributed by atoms with E-state index in [-0.39, 0.29) is 5.75 Å². The van der Waals surface area contributed by atoms with E-state index in [0.717, 1.165) is 0 Å². The van der Waals surface area contributed by atoms with Crippen molar-refractivity contribution in [3.05, 3.63) is 23.8 Å². The van der Waals surface area contributed by atoms with Crippen LogP contribution < -0.4 is 14.2 Å². The lowest BCUT2D eigenvalue weighted by molar-refractivity contribution is 0.112. The van der Waals surface area contributed by atoms with Crippen molar-refractivity contribution in [2.45, 2.75) is 0 Å². The molecule has 0 saturated heterocycles. The molecule has 0 radical (unpaired) electrons. The number of hydrogen-bond donors (Lipinski definition) is 1. The molecule has 0 unspecified atom stereocenters. The number of aldehydes is 1. The third kappa shape index (κ3) is 2.03. The lowest BCUT2D eigenvalue weighted by Crippen LogP contribution is -1.96. The largest absolute Gasteiger partial charge is 0.507 e. The van der Waals surface area contributed by atoms with E-state index in [0.29, 0.717) is 39.9 Å². The van der Waals surface area contributed by atoms with Crippen LogP contribution in [0.3, 0.4) is 0 Å². The molecule has 0 bridgehead atoms. The van der Waals surface area contributed by atoms with Crippen molar-refractivity contribution < 1.29 is 24.1 Å². The highest BCUT2D eigenvalue weighted by Gasteiger charge is 2.18. The second kappa shape index (κ2) is 5.06. The molecule has 0 fully saturated rings. The molecule has 5 nitrogen and oxygen atoms in total. The summed E-state index contributed by atoms with van der Waals surface area (Å²) >= 11 is 0. The molecular weight excluding hydrogens is 248 g/mol. The van der Waals surface area contributed by atoms with Crippen LogP contribution in [0.25, 0.3) is 10.8 Å². The number of phenols is 1. The Bertz CT molecular complexity index is 634. The first-order valence-electron chi connectivity index (χ1n) is 5.57. The summed E-state index contributed by atoms with van der Waals surface area (Å²) < 4.78 is 15.8. The fourth-order valence-corrected chi connectivity index (χ4v) is 2.07. The molecule has 0 aliphatic heterocycles. The Morgan fingerprint density at radius 1 is 1.00 bits per heavy atom. The molecule has 0 aliphatic carbocycles. The van der Waals surface area contributed by atoms with Gasteiger partial charge in [0.25, 0.3) is 0 Å². The number of methoxy groups -OCH3 is 3. The van der Waals surface area contributed by atoms with Gasteiger partial charge < -0.3 is 19.3 Å². The van der Waals surface area contributed by atoms with Crippen LogP contribution in [0.1, 0.15) is 10.4 Å². The number of fused-ring (bicyclic) bond motifs is 1. The van der Waals surface area contributed by atoms with Crippen LogP contribution in [0.5, 0.6) is 23.0 Å². The number of carbonyl (C=O) groups excluding carboxylic acids is 1. The van der Waals surface area contributed by atoms with Gasteiger partial charge in [0.05, 0.1) is 26.7 Å². The normalized spacial score (nSPS) is 10.3. The van der Waals surface area contributed by atoms with Gasteiger partial charge in [0.15, 0.2) is 11.5 Å². The fourth-order valence-electron chi connectivity index (χ4n) is 2.07. The van der Waals surface area contributed by atoms with E-state index in [9.17, 15) is 9.90 Å². The quantitative estimate of drug-likeness (QED) is 0.857.